The average molecular weight is 314 g/mol. The van der Waals surface area contributed by atoms with Crippen LogP contribution in [0, 0.1) is 19.7 Å². The summed E-state index contributed by atoms with van der Waals surface area (Å²) in [4.78, 5) is 0.776. The highest BCUT2D eigenvalue weighted by Gasteiger charge is 2.23. The molecule has 20 heavy (non-hydrogen) atoms. The molecule has 0 saturated carbocycles. The molecule has 4 nitrogen and oxygen atoms in total. The number of benzene rings is 1. The summed E-state index contributed by atoms with van der Waals surface area (Å²) in [6.45, 7) is 3.57. The minimum absolute atomic E-state index is 0.150. The molecule has 0 aliphatic heterocycles. The second-order valence-electron chi connectivity index (χ2n) is 4.44. The van der Waals surface area contributed by atoms with Crippen LogP contribution >= 0.6 is 11.3 Å². The van der Waals surface area contributed by atoms with E-state index in [1.54, 1.807) is 19.2 Å². The van der Waals surface area contributed by atoms with E-state index in [2.05, 4.69) is 4.72 Å². The third-order valence-electron chi connectivity index (χ3n) is 2.89. The van der Waals surface area contributed by atoms with Crippen LogP contribution < -0.4 is 10.5 Å². The Kier molecular flexibility index (Phi) is 4.12. The number of anilines is 1. The Labute approximate surface area is 121 Å². The zero-order valence-corrected chi connectivity index (χ0v) is 12.7. The summed E-state index contributed by atoms with van der Waals surface area (Å²) >= 11 is 1.30. The number of aryl methyl sites for hydroxylation is 2. The molecule has 0 radical (unpaired) electrons. The summed E-state index contributed by atoms with van der Waals surface area (Å²) in [5.41, 5.74) is 7.09. The molecule has 2 aromatic rings. The van der Waals surface area contributed by atoms with Crippen LogP contribution in [0.5, 0.6) is 0 Å². The predicted molar refractivity (Wildman–Crippen MR) is 78.9 cm³/mol. The molecule has 0 aliphatic carbocycles. The molecule has 108 valence electrons. The van der Waals surface area contributed by atoms with Gasteiger partial charge < -0.3 is 5.73 Å². The largest absolute Gasteiger partial charge is 0.326 e. The summed E-state index contributed by atoms with van der Waals surface area (Å²) in [6, 6.07) is 3.97. The highest BCUT2D eigenvalue weighted by molar-refractivity contribution is 7.93. The summed E-state index contributed by atoms with van der Waals surface area (Å²) in [7, 11) is -3.77. The van der Waals surface area contributed by atoms with E-state index in [0.29, 0.717) is 16.0 Å². The fraction of sp³-hybridized carbons (Fsp3) is 0.231. The standard InChI is InChI=1S/C13H15FN2O2S2/c1-8-3-4-10(14)5-11(8)16-20(17,18)13-9(2)7-19-12(13)6-15/h3-5,7,16H,6,15H2,1-2H3. The van der Waals surface area contributed by atoms with Crippen molar-refractivity contribution >= 4 is 27.0 Å². The van der Waals surface area contributed by atoms with E-state index in [1.807, 2.05) is 0 Å². The molecule has 0 bridgehead atoms. The average Bonchev–Trinajstić information content (AvgIpc) is 2.75. The molecule has 0 saturated heterocycles. The molecule has 1 aromatic carbocycles. The van der Waals surface area contributed by atoms with Gasteiger partial charge >= 0.3 is 0 Å². The molecule has 1 heterocycles. The first-order valence-electron chi connectivity index (χ1n) is 5.91. The first kappa shape index (κ1) is 15.0. The van der Waals surface area contributed by atoms with Gasteiger partial charge in [-0.05, 0) is 42.5 Å². The van der Waals surface area contributed by atoms with Crippen molar-refractivity contribution in [3.8, 4) is 0 Å². The Morgan fingerprint density at radius 2 is 2.00 bits per heavy atom. The third-order valence-corrected chi connectivity index (χ3v) is 5.74. The van der Waals surface area contributed by atoms with Crippen molar-refractivity contribution in [3.63, 3.8) is 0 Å². The SMILES string of the molecule is Cc1ccc(F)cc1NS(=O)(=O)c1c(C)csc1CN. The number of hydrogen-bond acceptors (Lipinski definition) is 4. The molecular weight excluding hydrogens is 299 g/mol. The molecule has 0 unspecified atom stereocenters. The monoisotopic (exact) mass is 314 g/mol. The van der Waals surface area contributed by atoms with Crippen LogP contribution in [0.3, 0.4) is 0 Å². The summed E-state index contributed by atoms with van der Waals surface area (Å²) in [5, 5.41) is 1.75. The van der Waals surface area contributed by atoms with Crippen LogP contribution in [-0.2, 0) is 16.6 Å². The van der Waals surface area contributed by atoms with Crippen LogP contribution in [0.2, 0.25) is 0 Å². The van der Waals surface area contributed by atoms with Gasteiger partial charge in [0.25, 0.3) is 10.0 Å². The predicted octanol–water partition coefficient (Wildman–Crippen LogP) is 2.76. The lowest BCUT2D eigenvalue weighted by Crippen LogP contribution is -2.16. The molecular formula is C13H15FN2O2S2. The second kappa shape index (κ2) is 5.51. The maximum Gasteiger partial charge on any atom is 0.263 e. The fourth-order valence-corrected chi connectivity index (χ4v) is 4.72. The highest BCUT2D eigenvalue weighted by atomic mass is 32.2. The highest BCUT2D eigenvalue weighted by Crippen LogP contribution is 2.29. The second-order valence-corrected chi connectivity index (χ2v) is 7.02. The molecule has 3 N–H and O–H groups in total. The smallest absolute Gasteiger partial charge is 0.263 e. The van der Waals surface area contributed by atoms with Crippen molar-refractivity contribution in [2.75, 3.05) is 4.72 Å². The van der Waals surface area contributed by atoms with E-state index in [4.69, 9.17) is 5.73 Å². The number of halogens is 1. The van der Waals surface area contributed by atoms with Crippen molar-refractivity contribution in [1.29, 1.82) is 0 Å². The zero-order valence-electron chi connectivity index (χ0n) is 11.1. The summed E-state index contributed by atoms with van der Waals surface area (Å²) in [6.07, 6.45) is 0. The van der Waals surface area contributed by atoms with Crippen molar-refractivity contribution in [3.05, 3.63) is 45.4 Å². The van der Waals surface area contributed by atoms with Gasteiger partial charge in [-0.3, -0.25) is 4.72 Å². The fourth-order valence-electron chi connectivity index (χ4n) is 1.89. The lowest BCUT2D eigenvalue weighted by atomic mass is 10.2. The minimum atomic E-state index is -3.77. The van der Waals surface area contributed by atoms with E-state index < -0.39 is 15.8 Å². The first-order valence-corrected chi connectivity index (χ1v) is 8.27. The summed E-state index contributed by atoms with van der Waals surface area (Å²) in [5.74, 6) is -0.491. The number of hydrogen-bond donors (Lipinski definition) is 2. The number of nitrogens with one attached hydrogen (secondary N) is 1. The van der Waals surface area contributed by atoms with E-state index >= 15 is 0 Å². The van der Waals surface area contributed by atoms with Gasteiger partial charge in [-0.2, -0.15) is 0 Å². The van der Waals surface area contributed by atoms with Crippen molar-refractivity contribution in [1.82, 2.24) is 0 Å². The molecule has 0 spiro atoms. The minimum Gasteiger partial charge on any atom is -0.326 e. The quantitative estimate of drug-likeness (QED) is 0.911. The van der Waals surface area contributed by atoms with E-state index in [0.717, 1.165) is 6.07 Å². The van der Waals surface area contributed by atoms with Crippen LogP contribution in [0.15, 0.2) is 28.5 Å². The Bertz CT molecular complexity index is 739. The van der Waals surface area contributed by atoms with Crippen LogP contribution in [0.4, 0.5) is 10.1 Å². The molecule has 0 amide bonds. The zero-order chi connectivity index (χ0) is 14.9. The lowest BCUT2D eigenvalue weighted by molar-refractivity contribution is 0.600. The van der Waals surface area contributed by atoms with Crippen molar-refractivity contribution < 1.29 is 12.8 Å². The third kappa shape index (κ3) is 2.84. The number of nitrogens with two attached hydrogens (primary N) is 1. The van der Waals surface area contributed by atoms with Gasteiger partial charge in [0.1, 0.15) is 10.7 Å². The van der Waals surface area contributed by atoms with E-state index in [1.165, 1.54) is 23.5 Å². The maximum atomic E-state index is 13.2. The number of sulfonamides is 1. The lowest BCUT2D eigenvalue weighted by Gasteiger charge is -2.12. The molecule has 1 aromatic heterocycles. The molecule has 0 aliphatic rings. The summed E-state index contributed by atoms with van der Waals surface area (Å²) < 4.78 is 40.6. The maximum absolute atomic E-state index is 13.2. The Morgan fingerprint density at radius 1 is 1.30 bits per heavy atom. The van der Waals surface area contributed by atoms with Crippen LogP contribution in [0.1, 0.15) is 16.0 Å². The van der Waals surface area contributed by atoms with Crippen molar-refractivity contribution in [2.45, 2.75) is 25.3 Å². The van der Waals surface area contributed by atoms with Gasteiger partial charge in [-0.1, -0.05) is 6.07 Å². The Balaban J connectivity index is 2.46. The Hall–Kier alpha value is -1.44. The molecule has 2 rings (SSSR count). The molecule has 0 fully saturated rings. The first-order chi connectivity index (χ1) is 9.35. The van der Waals surface area contributed by atoms with Gasteiger partial charge in [0, 0.05) is 11.4 Å². The van der Waals surface area contributed by atoms with Gasteiger partial charge in [-0.25, -0.2) is 12.8 Å². The van der Waals surface area contributed by atoms with E-state index in [9.17, 15) is 12.8 Å². The normalized spacial score (nSPS) is 11.6. The van der Waals surface area contributed by atoms with Crippen LogP contribution in [-0.4, -0.2) is 8.42 Å². The molecule has 0 atom stereocenters. The topological polar surface area (TPSA) is 72.2 Å². The van der Waals surface area contributed by atoms with Gasteiger partial charge in [-0.15, -0.1) is 11.3 Å². The number of thiophene rings is 1. The van der Waals surface area contributed by atoms with Gasteiger partial charge in [0.2, 0.25) is 0 Å². The van der Waals surface area contributed by atoms with Crippen molar-refractivity contribution in [2.24, 2.45) is 5.73 Å². The van der Waals surface area contributed by atoms with Gasteiger partial charge in [0.05, 0.1) is 5.69 Å². The van der Waals surface area contributed by atoms with E-state index in [-0.39, 0.29) is 17.1 Å². The Morgan fingerprint density at radius 3 is 2.65 bits per heavy atom. The van der Waals surface area contributed by atoms with Gasteiger partial charge in [0.15, 0.2) is 0 Å². The number of rotatable bonds is 4. The molecule has 7 heteroatoms. The van der Waals surface area contributed by atoms with Crippen LogP contribution in [0.25, 0.3) is 0 Å².